The van der Waals surface area contributed by atoms with Crippen molar-refractivity contribution in [2.75, 3.05) is 11.4 Å². The zero-order valence-electron chi connectivity index (χ0n) is 13.7. The van der Waals surface area contributed by atoms with Crippen molar-refractivity contribution >= 4 is 53.1 Å². The van der Waals surface area contributed by atoms with Crippen molar-refractivity contribution in [3.8, 4) is 0 Å². The molecular weight excluding hydrogens is 399 g/mol. The number of nitrogens with one attached hydrogen (secondary N) is 1. The van der Waals surface area contributed by atoms with Crippen LogP contribution in [0.1, 0.15) is 28.8 Å². The summed E-state index contributed by atoms with van der Waals surface area (Å²) in [5.74, 6) is -0.661. The molecule has 3 N–H and O–H groups in total. The third kappa shape index (κ3) is 4.03. The first-order chi connectivity index (χ1) is 11.9. The fourth-order valence-corrected chi connectivity index (χ4v) is 3.38. The summed E-state index contributed by atoms with van der Waals surface area (Å²) < 4.78 is 1.51. The number of primary amides is 1. The molecule has 1 fully saturated rings. The molecule has 1 saturated heterocycles. The van der Waals surface area contributed by atoms with Crippen LogP contribution in [0.3, 0.4) is 0 Å². The van der Waals surface area contributed by atoms with Crippen LogP contribution in [0.2, 0.25) is 10.0 Å². The van der Waals surface area contributed by atoms with Crippen molar-refractivity contribution in [1.82, 2.24) is 4.57 Å². The number of amides is 2. The Morgan fingerprint density at radius 1 is 1.23 bits per heavy atom. The first-order valence-corrected chi connectivity index (χ1v) is 8.45. The molecule has 26 heavy (non-hydrogen) atoms. The maximum Gasteiger partial charge on any atom is 0.252 e. The third-order valence-electron chi connectivity index (χ3n) is 4.12. The van der Waals surface area contributed by atoms with Gasteiger partial charge >= 0.3 is 0 Å². The molecule has 0 bridgehead atoms. The molecule has 0 aliphatic carbocycles. The maximum atomic E-state index is 12.1. The molecule has 0 radical (unpaired) electrons. The van der Waals surface area contributed by atoms with Gasteiger partial charge in [0.15, 0.2) is 0 Å². The van der Waals surface area contributed by atoms with Gasteiger partial charge in [-0.25, -0.2) is 0 Å². The lowest BCUT2D eigenvalue weighted by molar-refractivity contribution is -0.117. The van der Waals surface area contributed by atoms with Crippen molar-refractivity contribution in [2.24, 2.45) is 5.73 Å². The highest BCUT2D eigenvalue weighted by molar-refractivity contribution is 6.31. The summed E-state index contributed by atoms with van der Waals surface area (Å²) in [4.78, 5) is 25.3. The van der Waals surface area contributed by atoms with Gasteiger partial charge < -0.3 is 15.2 Å². The van der Waals surface area contributed by atoms with Crippen LogP contribution in [-0.4, -0.2) is 22.9 Å². The topological polar surface area (TPSA) is 92.2 Å². The highest BCUT2D eigenvalue weighted by Crippen LogP contribution is 2.28. The van der Waals surface area contributed by atoms with E-state index < -0.39 is 5.91 Å². The molecule has 2 aromatic rings. The Bertz CT molecular complexity index is 927. The van der Waals surface area contributed by atoms with Crippen LogP contribution in [-0.2, 0) is 11.3 Å². The molecule has 1 aliphatic rings. The summed E-state index contributed by atoms with van der Waals surface area (Å²) in [6, 6.07) is 6.64. The molecule has 1 aromatic carbocycles. The van der Waals surface area contributed by atoms with Crippen LogP contribution >= 0.6 is 35.6 Å². The van der Waals surface area contributed by atoms with Gasteiger partial charge in [-0.2, -0.15) is 0 Å². The molecule has 1 aromatic heterocycles. The minimum Gasteiger partial charge on any atom is -0.365 e. The quantitative estimate of drug-likeness (QED) is 0.803. The van der Waals surface area contributed by atoms with Crippen LogP contribution < -0.4 is 16.1 Å². The number of aromatic nitrogens is 1. The highest BCUT2D eigenvalue weighted by atomic mass is 35.5. The second-order valence-electron chi connectivity index (χ2n) is 5.83. The van der Waals surface area contributed by atoms with E-state index in [4.69, 9.17) is 34.3 Å². The van der Waals surface area contributed by atoms with E-state index in [9.17, 15) is 9.59 Å². The molecule has 6 nitrogen and oxygen atoms in total. The molecule has 1 aliphatic heterocycles. The van der Waals surface area contributed by atoms with Crippen molar-refractivity contribution in [2.45, 2.75) is 19.4 Å². The minimum atomic E-state index is -0.720. The van der Waals surface area contributed by atoms with Crippen LogP contribution in [0, 0.1) is 5.41 Å². The number of halogens is 3. The van der Waals surface area contributed by atoms with E-state index in [0.29, 0.717) is 23.0 Å². The number of nitrogens with zero attached hydrogens (tertiary/aromatic N) is 2. The maximum absolute atomic E-state index is 12.1. The Hall–Kier alpha value is -2.02. The summed E-state index contributed by atoms with van der Waals surface area (Å²) in [7, 11) is 0. The van der Waals surface area contributed by atoms with E-state index in [1.165, 1.54) is 10.6 Å². The predicted octanol–water partition coefficient (Wildman–Crippen LogP) is 2.97. The molecule has 0 unspecified atom stereocenters. The number of hydrogen-bond acceptors (Lipinski definition) is 3. The van der Waals surface area contributed by atoms with E-state index in [1.54, 1.807) is 29.3 Å². The summed E-state index contributed by atoms with van der Waals surface area (Å²) in [6.45, 7) is 0.882. The first kappa shape index (κ1) is 20.3. The number of benzene rings is 1. The third-order valence-corrected chi connectivity index (χ3v) is 4.56. The Morgan fingerprint density at radius 3 is 2.58 bits per heavy atom. The molecule has 0 saturated carbocycles. The molecule has 138 valence electrons. The number of pyridine rings is 1. The van der Waals surface area contributed by atoms with E-state index in [-0.39, 0.29) is 35.9 Å². The van der Waals surface area contributed by atoms with Gasteiger partial charge in [0.2, 0.25) is 5.91 Å². The lowest BCUT2D eigenvalue weighted by Crippen LogP contribution is -2.31. The summed E-state index contributed by atoms with van der Waals surface area (Å²) in [5.41, 5.74) is 6.81. The number of rotatable bonds is 4. The van der Waals surface area contributed by atoms with Gasteiger partial charge in [0.05, 0.1) is 17.1 Å². The zero-order chi connectivity index (χ0) is 18.1. The van der Waals surface area contributed by atoms with Gasteiger partial charge in [0.1, 0.15) is 5.49 Å². The van der Waals surface area contributed by atoms with Crippen LogP contribution in [0.5, 0.6) is 0 Å². The number of hydrogen-bond donors (Lipinski definition) is 2. The molecule has 2 heterocycles. The smallest absolute Gasteiger partial charge is 0.252 e. The number of carbonyl (C=O) groups excluding carboxylic acids is 2. The van der Waals surface area contributed by atoms with Gasteiger partial charge in [-0.15, -0.1) is 12.4 Å². The zero-order valence-corrected chi connectivity index (χ0v) is 16.0. The lowest BCUT2D eigenvalue weighted by Gasteiger charge is -2.21. The normalized spacial score (nSPS) is 13.6. The van der Waals surface area contributed by atoms with Gasteiger partial charge in [-0.1, -0.05) is 23.2 Å². The van der Waals surface area contributed by atoms with Gasteiger partial charge in [-0.3, -0.25) is 15.0 Å². The monoisotopic (exact) mass is 414 g/mol. The van der Waals surface area contributed by atoms with Crippen LogP contribution in [0.25, 0.3) is 0 Å². The average Bonchev–Trinajstić information content (AvgIpc) is 2.96. The number of anilines is 1. The van der Waals surface area contributed by atoms with Gasteiger partial charge in [-0.05, 0) is 36.2 Å². The van der Waals surface area contributed by atoms with E-state index >= 15 is 0 Å². The Balaban J connectivity index is 0.00000243. The number of nitrogens with two attached hydrogens (primary N) is 1. The second-order valence-corrected chi connectivity index (χ2v) is 6.71. The fraction of sp³-hybridized carbons (Fsp3) is 0.235. The van der Waals surface area contributed by atoms with Crippen molar-refractivity contribution in [1.29, 1.82) is 5.41 Å². The second kappa shape index (κ2) is 8.12. The Labute approximate surface area is 166 Å². The van der Waals surface area contributed by atoms with Gasteiger partial charge in [0.25, 0.3) is 5.91 Å². The van der Waals surface area contributed by atoms with Crippen molar-refractivity contribution in [3.05, 3.63) is 57.1 Å². The van der Waals surface area contributed by atoms with Crippen molar-refractivity contribution in [3.63, 3.8) is 0 Å². The molecule has 2 amide bonds. The largest absolute Gasteiger partial charge is 0.365 e. The average molecular weight is 416 g/mol. The molecule has 0 atom stereocenters. The lowest BCUT2D eigenvalue weighted by atomic mass is 10.1. The van der Waals surface area contributed by atoms with Crippen LogP contribution in [0.4, 0.5) is 5.69 Å². The Morgan fingerprint density at radius 2 is 1.96 bits per heavy atom. The van der Waals surface area contributed by atoms with Crippen LogP contribution in [0.15, 0.2) is 30.5 Å². The van der Waals surface area contributed by atoms with E-state index in [0.717, 1.165) is 17.7 Å². The molecule has 0 spiro atoms. The molecule has 9 heteroatoms. The van der Waals surface area contributed by atoms with Gasteiger partial charge in [0, 0.05) is 29.9 Å². The summed E-state index contributed by atoms with van der Waals surface area (Å²) >= 11 is 12.2. The predicted molar refractivity (Wildman–Crippen MR) is 103 cm³/mol. The number of carbonyl (C=O) groups is 2. The van der Waals surface area contributed by atoms with Crippen molar-refractivity contribution < 1.29 is 9.59 Å². The minimum absolute atomic E-state index is 0. The summed E-state index contributed by atoms with van der Waals surface area (Å²) in [5, 5.41) is 9.01. The highest BCUT2D eigenvalue weighted by Gasteiger charge is 2.24. The van der Waals surface area contributed by atoms with E-state index in [2.05, 4.69) is 0 Å². The Kier molecular flexibility index (Phi) is 6.34. The first-order valence-electron chi connectivity index (χ1n) is 7.70. The molecular formula is C17H17Cl3N4O2. The molecule has 3 rings (SSSR count). The standard InChI is InChI=1S/C17H16Cl2N4O2.ClH/c18-11-3-4-14(23-5-1-2-15(23)24)10(6-11)8-22-9-12(19)7-13(16(22)20)17(21)25;/h3-4,6-7,9,20H,1-2,5,8H2,(H2,21,25);1H. The SMILES string of the molecule is Cl.N=c1c(C(N)=O)cc(Cl)cn1Cc1cc(Cl)ccc1N1CCCC1=O. The summed E-state index contributed by atoms with van der Waals surface area (Å²) in [6.07, 6.45) is 2.87. The fourth-order valence-electron chi connectivity index (χ4n) is 2.95. The van der Waals surface area contributed by atoms with E-state index in [1.807, 2.05) is 0 Å².